The number of para-hydroxylation sites is 2. The van der Waals surface area contributed by atoms with E-state index in [9.17, 15) is 13.0 Å². The normalized spacial score (nSPS) is 11.6. The first-order chi connectivity index (χ1) is 27.9. The van der Waals surface area contributed by atoms with Gasteiger partial charge in [-0.1, -0.05) is 183 Å². The van der Waals surface area contributed by atoms with Crippen LogP contribution in [0.15, 0.2) is 138 Å². The summed E-state index contributed by atoms with van der Waals surface area (Å²) in [6, 6.07) is 45.1. The van der Waals surface area contributed by atoms with E-state index in [0.717, 1.165) is 59.8 Å². The lowest BCUT2D eigenvalue weighted by molar-refractivity contribution is 0.482. The molecule has 0 bridgehead atoms. The molecular weight excluding hydrogens is 721 g/mol. The molecule has 0 aliphatic heterocycles. The molecule has 0 saturated heterocycles. The van der Waals surface area contributed by atoms with Crippen molar-refractivity contribution in [1.82, 2.24) is 0 Å². The highest BCUT2D eigenvalue weighted by Crippen LogP contribution is 2.38. The molecule has 0 saturated carbocycles. The van der Waals surface area contributed by atoms with Gasteiger partial charge in [0.25, 0.3) is 10.1 Å². The minimum Gasteiger partial charge on any atom is -0.341 e. The van der Waals surface area contributed by atoms with Crippen LogP contribution in [-0.2, 0) is 10.1 Å². The van der Waals surface area contributed by atoms with Crippen LogP contribution in [0.4, 0.5) is 22.7 Å². The van der Waals surface area contributed by atoms with Crippen molar-refractivity contribution in [3.05, 3.63) is 150 Å². The first-order valence-corrected chi connectivity index (χ1v) is 23.3. The smallest absolute Gasteiger partial charge is 0.294 e. The fraction of sp³-hybridized carbons (Fsp3) is 0.412. The van der Waals surface area contributed by atoms with Crippen LogP contribution in [0.1, 0.15) is 139 Å². The molecule has 5 nitrogen and oxygen atoms in total. The molecule has 5 aromatic carbocycles. The Bertz CT molecular complexity index is 1840. The molecule has 0 aromatic heterocycles. The highest BCUT2D eigenvalue weighted by molar-refractivity contribution is 7.85. The maximum atomic E-state index is 12.8. The van der Waals surface area contributed by atoms with Crippen molar-refractivity contribution in [2.45, 2.75) is 127 Å². The third-order valence-electron chi connectivity index (χ3n) is 11.2. The summed E-state index contributed by atoms with van der Waals surface area (Å²) in [5.41, 5.74) is 6.99. The van der Waals surface area contributed by atoms with Gasteiger partial charge in [-0.2, -0.15) is 8.42 Å². The Hall–Kier alpha value is -4.39. The average molecular weight is 787 g/mol. The fourth-order valence-electron chi connectivity index (χ4n) is 8.04. The summed E-state index contributed by atoms with van der Waals surface area (Å²) >= 11 is 0. The van der Waals surface area contributed by atoms with Crippen LogP contribution in [0.25, 0.3) is 0 Å². The van der Waals surface area contributed by atoms with Gasteiger partial charge in [0.05, 0.1) is 4.90 Å². The number of unbranched alkanes of at least 4 members (excludes halogenated alkanes) is 14. The van der Waals surface area contributed by atoms with Gasteiger partial charge in [-0.05, 0) is 84.1 Å². The van der Waals surface area contributed by atoms with Gasteiger partial charge in [0.2, 0.25) is 0 Å². The molecule has 0 atom stereocenters. The molecule has 5 rings (SSSR count). The molecule has 6 heteroatoms. The standard InChI is InChI=1S/C51H66N2O3S/c1-3-5-7-9-11-13-15-25-41-52(45-27-19-17-20-28-45)47-37-33-43(34-38-47)51(49-31-23-24-32-50(49)57(54,55)56)44-35-39-48(40-36-44)53(46-29-21-18-22-30-46)42-26-16-14-12-10-8-6-4-2/h17-24,27-40,51H,3-16,25-26,41-42H2,1-2H3,(H,54,55,56). The van der Waals surface area contributed by atoms with Crippen LogP contribution in [0, 0.1) is 0 Å². The van der Waals surface area contributed by atoms with Crippen LogP contribution in [0.3, 0.4) is 0 Å². The van der Waals surface area contributed by atoms with E-state index >= 15 is 0 Å². The molecule has 5 aromatic rings. The number of nitrogens with zero attached hydrogens (tertiary/aromatic N) is 2. The van der Waals surface area contributed by atoms with E-state index in [2.05, 4.69) is 133 Å². The highest BCUT2D eigenvalue weighted by Gasteiger charge is 2.25. The second-order valence-electron chi connectivity index (χ2n) is 15.6. The Balaban J connectivity index is 1.40. The molecule has 0 fully saturated rings. The quantitative estimate of drug-likeness (QED) is 0.0344. The summed E-state index contributed by atoms with van der Waals surface area (Å²) in [6.45, 7) is 6.37. The molecule has 0 aliphatic carbocycles. The summed E-state index contributed by atoms with van der Waals surface area (Å²) in [5, 5.41) is 0. The Morgan fingerprint density at radius 1 is 0.421 bits per heavy atom. The third kappa shape index (κ3) is 13.6. The lowest BCUT2D eigenvalue weighted by atomic mass is 9.85. The lowest BCUT2D eigenvalue weighted by Gasteiger charge is -2.27. The average Bonchev–Trinajstić information content (AvgIpc) is 3.24. The zero-order chi connectivity index (χ0) is 40.1. The van der Waals surface area contributed by atoms with Crippen molar-refractivity contribution >= 4 is 32.9 Å². The first-order valence-electron chi connectivity index (χ1n) is 21.8. The van der Waals surface area contributed by atoms with Gasteiger partial charge in [-0.3, -0.25) is 4.55 Å². The first kappa shape index (κ1) is 43.7. The number of hydrogen-bond donors (Lipinski definition) is 1. The van der Waals surface area contributed by atoms with Crippen molar-refractivity contribution in [3.63, 3.8) is 0 Å². The molecule has 0 unspecified atom stereocenters. The molecule has 0 aliphatic rings. The summed E-state index contributed by atoms with van der Waals surface area (Å²) < 4.78 is 36.0. The van der Waals surface area contributed by atoms with Gasteiger partial charge in [0, 0.05) is 41.8 Å². The van der Waals surface area contributed by atoms with E-state index in [4.69, 9.17) is 0 Å². The minimum atomic E-state index is -4.47. The minimum absolute atomic E-state index is 0.0654. The van der Waals surface area contributed by atoms with Crippen LogP contribution in [-0.4, -0.2) is 26.1 Å². The molecule has 1 N–H and O–H groups in total. The fourth-order valence-corrected chi connectivity index (χ4v) is 8.77. The Morgan fingerprint density at radius 2 is 0.754 bits per heavy atom. The van der Waals surface area contributed by atoms with Gasteiger partial charge >= 0.3 is 0 Å². The molecule has 57 heavy (non-hydrogen) atoms. The van der Waals surface area contributed by atoms with Crippen molar-refractivity contribution in [1.29, 1.82) is 0 Å². The predicted octanol–water partition coefficient (Wildman–Crippen LogP) is 14.7. The van der Waals surface area contributed by atoms with Crippen LogP contribution < -0.4 is 9.80 Å². The molecule has 0 heterocycles. The molecule has 0 amide bonds. The number of hydrogen-bond acceptors (Lipinski definition) is 4. The van der Waals surface area contributed by atoms with Crippen LogP contribution in [0.5, 0.6) is 0 Å². The summed E-state index contributed by atoms with van der Waals surface area (Å²) in [4.78, 5) is 4.72. The van der Waals surface area contributed by atoms with Crippen molar-refractivity contribution in [3.8, 4) is 0 Å². The second-order valence-corrected chi connectivity index (χ2v) is 16.9. The maximum absolute atomic E-state index is 12.8. The van der Waals surface area contributed by atoms with Gasteiger partial charge in [0.1, 0.15) is 0 Å². The van der Waals surface area contributed by atoms with E-state index in [0.29, 0.717) is 5.56 Å². The second kappa shape index (κ2) is 23.7. The summed E-state index contributed by atoms with van der Waals surface area (Å²) in [6.07, 6.45) is 20.3. The van der Waals surface area contributed by atoms with Gasteiger partial charge in [-0.25, -0.2) is 0 Å². The summed E-state index contributed by atoms with van der Waals surface area (Å²) in [5.74, 6) is -0.415. The van der Waals surface area contributed by atoms with E-state index < -0.39 is 16.0 Å². The Kier molecular flexibility index (Phi) is 18.2. The van der Waals surface area contributed by atoms with Gasteiger partial charge in [-0.15, -0.1) is 0 Å². The van der Waals surface area contributed by atoms with Crippen molar-refractivity contribution in [2.24, 2.45) is 0 Å². The predicted molar refractivity (Wildman–Crippen MR) is 242 cm³/mol. The third-order valence-corrected chi connectivity index (χ3v) is 12.1. The van der Waals surface area contributed by atoms with Crippen LogP contribution >= 0.6 is 0 Å². The summed E-state index contributed by atoms with van der Waals surface area (Å²) in [7, 11) is -4.47. The van der Waals surface area contributed by atoms with Gasteiger partial charge in [0.15, 0.2) is 0 Å². The van der Waals surface area contributed by atoms with E-state index in [1.807, 2.05) is 12.1 Å². The van der Waals surface area contributed by atoms with E-state index in [-0.39, 0.29) is 4.90 Å². The zero-order valence-corrected chi connectivity index (χ0v) is 35.4. The molecule has 0 spiro atoms. The number of rotatable bonds is 26. The lowest BCUT2D eigenvalue weighted by Crippen LogP contribution is -2.19. The Labute approximate surface area is 344 Å². The molecule has 0 radical (unpaired) electrons. The Morgan fingerprint density at radius 3 is 1.14 bits per heavy atom. The van der Waals surface area contributed by atoms with E-state index in [1.54, 1.807) is 6.07 Å². The van der Waals surface area contributed by atoms with Crippen molar-refractivity contribution < 1.29 is 13.0 Å². The number of benzene rings is 5. The number of anilines is 4. The van der Waals surface area contributed by atoms with E-state index in [1.165, 1.54) is 96.0 Å². The zero-order valence-electron chi connectivity index (χ0n) is 34.6. The molecule has 304 valence electrons. The largest absolute Gasteiger partial charge is 0.341 e. The highest BCUT2D eigenvalue weighted by atomic mass is 32.2. The maximum Gasteiger partial charge on any atom is 0.294 e. The monoisotopic (exact) mass is 786 g/mol. The molecular formula is C51H66N2O3S. The van der Waals surface area contributed by atoms with Crippen molar-refractivity contribution in [2.75, 3.05) is 22.9 Å². The SMILES string of the molecule is CCCCCCCCCCN(c1ccccc1)c1ccc(C(c2ccc(N(CCCCCCCCCC)c3ccccc3)cc2)c2ccccc2S(=O)(=O)O)cc1. The topological polar surface area (TPSA) is 60.9 Å². The van der Waals surface area contributed by atoms with Gasteiger partial charge < -0.3 is 9.80 Å². The van der Waals surface area contributed by atoms with Crippen LogP contribution in [0.2, 0.25) is 0 Å².